The van der Waals surface area contributed by atoms with Gasteiger partial charge in [-0.15, -0.1) is 0 Å². The number of hydrogen-bond donors (Lipinski definition) is 1. The van der Waals surface area contributed by atoms with E-state index in [-0.39, 0.29) is 5.70 Å². The van der Waals surface area contributed by atoms with Crippen LogP contribution in [0, 0.1) is 0 Å². The monoisotopic (exact) mass is 287 g/mol. The van der Waals surface area contributed by atoms with Gasteiger partial charge in [0.25, 0.3) is 0 Å². The molecule has 6 heteroatoms. The molecular weight excluding hydrogens is 262 g/mol. The Morgan fingerprint density at radius 3 is 2.35 bits per heavy atom. The van der Waals surface area contributed by atoms with Crippen LogP contribution in [-0.2, 0) is 23.8 Å². The molecule has 0 aliphatic heterocycles. The third kappa shape index (κ3) is 5.30. The Kier molecular flexibility index (Phi) is 8.83. The van der Waals surface area contributed by atoms with E-state index in [1.54, 1.807) is 14.0 Å². The summed E-state index contributed by atoms with van der Waals surface area (Å²) in [6.45, 7) is 6.19. The molecule has 0 fully saturated rings. The highest BCUT2D eigenvalue weighted by Crippen LogP contribution is 2.26. The molecule has 0 aromatic carbocycles. The van der Waals surface area contributed by atoms with Crippen LogP contribution in [0.25, 0.3) is 0 Å². The van der Waals surface area contributed by atoms with Crippen molar-refractivity contribution in [1.29, 1.82) is 0 Å². The predicted octanol–water partition coefficient (Wildman–Crippen LogP) is 1.75. The van der Waals surface area contributed by atoms with Gasteiger partial charge in [0.1, 0.15) is 5.70 Å². The van der Waals surface area contributed by atoms with Gasteiger partial charge in [-0.2, -0.15) is 0 Å². The smallest absolute Gasteiger partial charge is 0.354 e. The molecule has 0 rings (SSSR count). The molecule has 0 aliphatic carbocycles. The van der Waals surface area contributed by atoms with Crippen molar-refractivity contribution in [2.45, 2.75) is 45.8 Å². The third-order valence-electron chi connectivity index (χ3n) is 3.22. The van der Waals surface area contributed by atoms with E-state index in [1.807, 2.05) is 13.8 Å². The number of methoxy groups -OCH3 is 2. The van der Waals surface area contributed by atoms with E-state index in [4.69, 9.17) is 9.47 Å². The first-order chi connectivity index (χ1) is 9.50. The van der Waals surface area contributed by atoms with Crippen molar-refractivity contribution < 1.29 is 23.8 Å². The van der Waals surface area contributed by atoms with Gasteiger partial charge in [0.15, 0.2) is 5.79 Å². The second kappa shape index (κ2) is 9.50. The Morgan fingerprint density at radius 2 is 1.95 bits per heavy atom. The number of amides is 1. The number of allylic oxidation sites excluding steroid dienone is 1. The number of esters is 1. The maximum atomic E-state index is 11.6. The van der Waals surface area contributed by atoms with Crippen molar-refractivity contribution in [3.05, 3.63) is 11.3 Å². The SMILES string of the molecule is CCOC(CC)(CC/C(C)=C(/NC=O)C(=O)OC)OC. The summed E-state index contributed by atoms with van der Waals surface area (Å²) >= 11 is 0. The van der Waals surface area contributed by atoms with E-state index < -0.39 is 11.8 Å². The lowest BCUT2D eigenvalue weighted by molar-refractivity contribution is -0.225. The maximum absolute atomic E-state index is 11.6. The quantitative estimate of drug-likeness (QED) is 0.287. The number of ether oxygens (including phenoxy) is 3. The predicted molar refractivity (Wildman–Crippen MR) is 74.8 cm³/mol. The molecule has 1 amide bonds. The van der Waals surface area contributed by atoms with Gasteiger partial charge in [0, 0.05) is 20.1 Å². The first-order valence-electron chi connectivity index (χ1n) is 6.67. The average molecular weight is 287 g/mol. The fourth-order valence-electron chi connectivity index (χ4n) is 1.94. The highest BCUT2D eigenvalue weighted by molar-refractivity contribution is 5.90. The zero-order chi connectivity index (χ0) is 15.6. The molecule has 6 nitrogen and oxygen atoms in total. The molecule has 0 aliphatic rings. The van der Waals surface area contributed by atoms with Gasteiger partial charge < -0.3 is 19.5 Å². The minimum atomic E-state index is -0.668. The Balaban J connectivity index is 4.96. The molecule has 0 saturated carbocycles. The Bertz CT molecular complexity index is 347. The number of carbonyl (C=O) groups is 2. The van der Waals surface area contributed by atoms with Gasteiger partial charge >= 0.3 is 5.97 Å². The van der Waals surface area contributed by atoms with Gasteiger partial charge in [-0.1, -0.05) is 6.92 Å². The van der Waals surface area contributed by atoms with Crippen LogP contribution >= 0.6 is 0 Å². The largest absolute Gasteiger partial charge is 0.464 e. The van der Waals surface area contributed by atoms with Gasteiger partial charge in [-0.3, -0.25) is 4.79 Å². The molecule has 20 heavy (non-hydrogen) atoms. The normalized spacial score (nSPS) is 15.1. The van der Waals surface area contributed by atoms with Crippen molar-refractivity contribution in [3.63, 3.8) is 0 Å². The maximum Gasteiger partial charge on any atom is 0.354 e. The molecule has 0 saturated heterocycles. The molecule has 0 bridgehead atoms. The fourth-order valence-corrected chi connectivity index (χ4v) is 1.94. The average Bonchev–Trinajstić information content (AvgIpc) is 2.48. The van der Waals surface area contributed by atoms with E-state index in [0.29, 0.717) is 32.3 Å². The third-order valence-corrected chi connectivity index (χ3v) is 3.22. The van der Waals surface area contributed by atoms with Crippen LogP contribution in [0.5, 0.6) is 0 Å². The van der Waals surface area contributed by atoms with Crippen molar-refractivity contribution in [2.75, 3.05) is 20.8 Å². The highest BCUT2D eigenvalue weighted by atomic mass is 16.7. The Morgan fingerprint density at radius 1 is 1.30 bits per heavy atom. The molecule has 0 heterocycles. The van der Waals surface area contributed by atoms with E-state index >= 15 is 0 Å². The second-order valence-electron chi connectivity index (χ2n) is 4.31. The van der Waals surface area contributed by atoms with Gasteiger partial charge in [0.05, 0.1) is 7.11 Å². The summed E-state index contributed by atoms with van der Waals surface area (Å²) in [4.78, 5) is 22.1. The van der Waals surface area contributed by atoms with Crippen LogP contribution in [0.4, 0.5) is 0 Å². The van der Waals surface area contributed by atoms with Crippen LogP contribution in [0.3, 0.4) is 0 Å². The number of nitrogens with one attached hydrogen (secondary N) is 1. The first kappa shape index (κ1) is 18.6. The number of rotatable bonds is 10. The summed E-state index contributed by atoms with van der Waals surface area (Å²) in [5, 5.41) is 2.38. The molecule has 1 N–H and O–H groups in total. The lowest BCUT2D eigenvalue weighted by Crippen LogP contribution is -2.34. The highest BCUT2D eigenvalue weighted by Gasteiger charge is 2.28. The van der Waals surface area contributed by atoms with Crippen LogP contribution in [0.15, 0.2) is 11.3 Å². The van der Waals surface area contributed by atoms with Crippen LogP contribution < -0.4 is 5.32 Å². The zero-order valence-electron chi connectivity index (χ0n) is 12.9. The standard InChI is InChI=1S/C14H25NO5/c1-6-14(19-5,20-7-2)9-8-11(3)12(15-10-16)13(17)18-4/h10H,6-9H2,1-5H3,(H,15,16)/b12-11+. The second-order valence-corrected chi connectivity index (χ2v) is 4.31. The molecule has 0 radical (unpaired) electrons. The summed E-state index contributed by atoms with van der Waals surface area (Å²) < 4.78 is 15.7. The number of hydrogen-bond acceptors (Lipinski definition) is 5. The fraction of sp³-hybridized carbons (Fsp3) is 0.714. The minimum Gasteiger partial charge on any atom is -0.464 e. The zero-order valence-corrected chi connectivity index (χ0v) is 12.9. The molecule has 116 valence electrons. The molecule has 0 aromatic heterocycles. The minimum absolute atomic E-state index is 0.167. The number of carbonyl (C=O) groups excluding carboxylic acids is 2. The summed E-state index contributed by atoms with van der Waals surface area (Å²) in [6, 6.07) is 0. The lowest BCUT2D eigenvalue weighted by Gasteiger charge is -2.31. The van der Waals surface area contributed by atoms with E-state index in [0.717, 1.165) is 5.57 Å². The van der Waals surface area contributed by atoms with E-state index in [1.165, 1.54) is 7.11 Å². The molecule has 1 unspecified atom stereocenters. The van der Waals surface area contributed by atoms with Crippen molar-refractivity contribution in [3.8, 4) is 0 Å². The van der Waals surface area contributed by atoms with Crippen molar-refractivity contribution in [1.82, 2.24) is 5.32 Å². The van der Waals surface area contributed by atoms with Gasteiger partial charge in [-0.25, -0.2) is 4.79 Å². The lowest BCUT2D eigenvalue weighted by atomic mass is 10.0. The van der Waals surface area contributed by atoms with Crippen LogP contribution in [0.2, 0.25) is 0 Å². The first-order valence-corrected chi connectivity index (χ1v) is 6.67. The van der Waals surface area contributed by atoms with E-state index in [2.05, 4.69) is 10.1 Å². The molecular formula is C14H25NO5. The Hall–Kier alpha value is -1.40. The van der Waals surface area contributed by atoms with Crippen LogP contribution in [-0.4, -0.2) is 39.0 Å². The summed E-state index contributed by atoms with van der Waals surface area (Å²) in [5.74, 6) is -1.23. The summed E-state index contributed by atoms with van der Waals surface area (Å²) in [6.07, 6.45) is 2.29. The van der Waals surface area contributed by atoms with Gasteiger partial charge in [-0.05, 0) is 32.3 Å². The molecule has 1 atom stereocenters. The van der Waals surface area contributed by atoms with Gasteiger partial charge in [0.2, 0.25) is 6.41 Å². The molecule has 0 spiro atoms. The van der Waals surface area contributed by atoms with Crippen molar-refractivity contribution in [2.24, 2.45) is 0 Å². The topological polar surface area (TPSA) is 73.9 Å². The molecule has 0 aromatic rings. The van der Waals surface area contributed by atoms with Crippen LogP contribution in [0.1, 0.15) is 40.0 Å². The van der Waals surface area contributed by atoms with E-state index in [9.17, 15) is 9.59 Å². The Labute approximate surface area is 120 Å². The summed E-state index contributed by atoms with van der Waals surface area (Å²) in [5.41, 5.74) is 0.888. The van der Waals surface area contributed by atoms with Crippen molar-refractivity contribution >= 4 is 12.4 Å². The summed E-state index contributed by atoms with van der Waals surface area (Å²) in [7, 11) is 2.87.